The number of ether oxygens (including phenoxy) is 1. The summed E-state index contributed by atoms with van der Waals surface area (Å²) in [6, 6.07) is 5.63. The quantitative estimate of drug-likeness (QED) is 0.917. The number of aromatic nitrogens is 2. The fourth-order valence-corrected chi connectivity index (χ4v) is 2.30. The van der Waals surface area contributed by atoms with Gasteiger partial charge in [-0.2, -0.15) is 0 Å². The lowest BCUT2D eigenvalue weighted by molar-refractivity contribution is 0.406. The summed E-state index contributed by atoms with van der Waals surface area (Å²) in [6.45, 7) is 5.94. The van der Waals surface area contributed by atoms with Crippen molar-refractivity contribution in [1.82, 2.24) is 9.97 Å². The summed E-state index contributed by atoms with van der Waals surface area (Å²) < 4.78 is 5.46. The Morgan fingerprint density at radius 2 is 1.95 bits per heavy atom. The SMILES string of the molecule is COc1cc(C)cc(C)c1C(N)c1ccnc(C)n1. The van der Waals surface area contributed by atoms with Crippen LogP contribution in [0, 0.1) is 20.8 Å². The van der Waals surface area contributed by atoms with Gasteiger partial charge in [-0.15, -0.1) is 0 Å². The predicted molar refractivity (Wildman–Crippen MR) is 75.3 cm³/mol. The van der Waals surface area contributed by atoms with Gasteiger partial charge in [-0.25, -0.2) is 9.97 Å². The van der Waals surface area contributed by atoms with Crippen LogP contribution in [0.25, 0.3) is 0 Å². The van der Waals surface area contributed by atoms with E-state index in [4.69, 9.17) is 10.5 Å². The Bertz CT molecular complexity index is 596. The third-order valence-corrected chi connectivity index (χ3v) is 3.14. The largest absolute Gasteiger partial charge is 0.496 e. The van der Waals surface area contributed by atoms with Crippen molar-refractivity contribution in [3.05, 3.63) is 52.6 Å². The van der Waals surface area contributed by atoms with Gasteiger partial charge >= 0.3 is 0 Å². The second-order valence-electron chi connectivity index (χ2n) is 4.70. The maximum atomic E-state index is 6.34. The molecule has 1 unspecified atom stereocenters. The lowest BCUT2D eigenvalue weighted by Gasteiger charge is -2.19. The van der Waals surface area contributed by atoms with Crippen molar-refractivity contribution in [2.75, 3.05) is 7.11 Å². The zero-order valence-electron chi connectivity index (χ0n) is 11.8. The molecule has 0 saturated carbocycles. The molecule has 0 aliphatic carbocycles. The van der Waals surface area contributed by atoms with Gasteiger partial charge in [-0.1, -0.05) is 6.07 Å². The molecule has 0 saturated heterocycles. The highest BCUT2D eigenvalue weighted by molar-refractivity contribution is 5.47. The molecular weight excluding hydrogens is 238 g/mol. The van der Waals surface area contributed by atoms with Gasteiger partial charge in [0.2, 0.25) is 0 Å². The summed E-state index contributed by atoms with van der Waals surface area (Å²) in [5.41, 5.74) is 10.4. The summed E-state index contributed by atoms with van der Waals surface area (Å²) in [4.78, 5) is 8.49. The van der Waals surface area contributed by atoms with Gasteiger partial charge in [0.25, 0.3) is 0 Å². The minimum atomic E-state index is -0.308. The molecule has 19 heavy (non-hydrogen) atoms. The minimum absolute atomic E-state index is 0.308. The van der Waals surface area contributed by atoms with Crippen molar-refractivity contribution in [2.24, 2.45) is 5.73 Å². The summed E-state index contributed by atoms with van der Waals surface area (Å²) in [5, 5.41) is 0. The number of nitrogens with two attached hydrogens (primary N) is 1. The van der Waals surface area contributed by atoms with E-state index in [1.165, 1.54) is 0 Å². The van der Waals surface area contributed by atoms with Gasteiger partial charge in [0.15, 0.2) is 0 Å². The molecule has 0 amide bonds. The normalized spacial score (nSPS) is 12.3. The van der Waals surface area contributed by atoms with Crippen molar-refractivity contribution in [1.29, 1.82) is 0 Å². The number of hydrogen-bond donors (Lipinski definition) is 1. The summed E-state index contributed by atoms with van der Waals surface area (Å²) in [6.07, 6.45) is 1.73. The predicted octanol–water partition coefficient (Wildman–Crippen LogP) is 2.46. The van der Waals surface area contributed by atoms with Crippen LogP contribution in [0.15, 0.2) is 24.4 Å². The van der Waals surface area contributed by atoms with Crippen LogP contribution in [-0.2, 0) is 0 Å². The molecule has 0 fully saturated rings. The van der Waals surface area contributed by atoms with Crippen LogP contribution in [0.1, 0.15) is 34.3 Å². The molecule has 2 N–H and O–H groups in total. The molecule has 0 aliphatic rings. The van der Waals surface area contributed by atoms with E-state index in [0.29, 0.717) is 0 Å². The zero-order chi connectivity index (χ0) is 14.0. The molecule has 1 atom stereocenters. The molecule has 0 aliphatic heterocycles. The highest BCUT2D eigenvalue weighted by atomic mass is 16.5. The Balaban J connectivity index is 2.52. The lowest BCUT2D eigenvalue weighted by Crippen LogP contribution is -2.17. The number of rotatable bonds is 3. The van der Waals surface area contributed by atoms with Crippen LogP contribution in [0.3, 0.4) is 0 Å². The Morgan fingerprint density at radius 3 is 2.58 bits per heavy atom. The number of aryl methyl sites for hydroxylation is 3. The fraction of sp³-hybridized carbons (Fsp3) is 0.333. The van der Waals surface area contributed by atoms with Gasteiger partial charge in [0.05, 0.1) is 18.8 Å². The smallest absolute Gasteiger partial charge is 0.125 e. The first-order chi connectivity index (χ1) is 9.02. The van der Waals surface area contributed by atoms with Crippen LogP contribution >= 0.6 is 0 Å². The molecule has 2 aromatic rings. The summed E-state index contributed by atoms with van der Waals surface area (Å²) >= 11 is 0. The Morgan fingerprint density at radius 1 is 1.21 bits per heavy atom. The van der Waals surface area contributed by atoms with Gasteiger partial charge in [-0.05, 0) is 44.0 Å². The fourth-order valence-electron chi connectivity index (χ4n) is 2.30. The van der Waals surface area contributed by atoms with Gasteiger partial charge < -0.3 is 10.5 Å². The molecule has 0 spiro atoms. The Kier molecular flexibility index (Phi) is 3.81. The minimum Gasteiger partial charge on any atom is -0.496 e. The first-order valence-corrected chi connectivity index (χ1v) is 6.23. The molecule has 0 radical (unpaired) electrons. The molecule has 0 bridgehead atoms. The molecule has 1 heterocycles. The number of benzene rings is 1. The van der Waals surface area contributed by atoms with E-state index < -0.39 is 0 Å². The van der Waals surface area contributed by atoms with E-state index in [1.54, 1.807) is 13.3 Å². The van der Waals surface area contributed by atoms with Gasteiger partial charge in [0, 0.05) is 11.8 Å². The monoisotopic (exact) mass is 257 g/mol. The van der Waals surface area contributed by atoms with E-state index >= 15 is 0 Å². The Hall–Kier alpha value is -1.94. The average molecular weight is 257 g/mol. The van der Waals surface area contributed by atoms with E-state index in [1.807, 2.05) is 32.9 Å². The molecular formula is C15H19N3O. The topological polar surface area (TPSA) is 61.0 Å². The van der Waals surface area contributed by atoms with Crippen LogP contribution < -0.4 is 10.5 Å². The molecule has 1 aromatic carbocycles. The second kappa shape index (κ2) is 5.36. The Labute approximate surface area is 113 Å². The van der Waals surface area contributed by atoms with E-state index in [2.05, 4.69) is 16.0 Å². The summed E-state index contributed by atoms with van der Waals surface area (Å²) in [7, 11) is 1.66. The average Bonchev–Trinajstić information content (AvgIpc) is 2.37. The third kappa shape index (κ3) is 2.74. The summed E-state index contributed by atoms with van der Waals surface area (Å²) in [5.74, 6) is 1.53. The standard InChI is InChI=1S/C15H19N3O/c1-9-7-10(2)14(13(8-9)19-4)15(16)12-5-6-17-11(3)18-12/h5-8,15H,16H2,1-4H3. The highest BCUT2D eigenvalue weighted by Gasteiger charge is 2.18. The molecule has 4 nitrogen and oxygen atoms in total. The first-order valence-electron chi connectivity index (χ1n) is 6.23. The zero-order valence-corrected chi connectivity index (χ0v) is 11.8. The molecule has 100 valence electrons. The molecule has 4 heteroatoms. The van der Waals surface area contributed by atoms with Crippen molar-refractivity contribution in [2.45, 2.75) is 26.8 Å². The highest BCUT2D eigenvalue weighted by Crippen LogP contribution is 2.31. The number of nitrogens with zero attached hydrogens (tertiary/aromatic N) is 2. The number of hydrogen-bond acceptors (Lipinski definition) is 4. The third-order valence-electron chi connectivity index (χ3n) is 3.14. The van der Waals surface area contributed by atoms with Gasteiger partial charge in [-0.3, -0.25) is 0 Å². The first kappa shape index (κ1) is 13.5. The molecule has 1 aromatic heterocycles. The maximum absolute atomic E-state index is 6.34. The van der Waals surface area contributed by atoms with Crippen LogP contribution in [0.5, 0.6) is 5.75 Å². The lowest BCUT2D eigenvalue weighted by atomic mass is 9.96. The van der Waals surface area contributed by atoms with E-state index in [-0.39, 0.29) is 6.04 Å². The molecule has 2 rings (SSSR count). The van der Waals surface area contributed by atoms with Crippen molar-refractivity contribution < 1.29 is 4.74 Å². The number of methoxy groups -OCH3 is 1. The van der Waals surface area contributed by atoms with E-state index in [9.17, 15) is 0 Å². The van der Waals surface area contributed by atoms with Crippen LogP contribution in [0.2, 0.25) is 0 Å². The van der Waals surface area contributed by atoms with Crippen molar-refractivity contribution in [3.8, 4) is 5.75 Å². The van der Waals surface area contributed by atoms with Crippen LogP contribution in [0.4, 0.5) is 0 Å². The second-order valence-corrected chi connectivity index (χ2v) is 4.70. The van der Waals surface area contributed by atoms with Crippen LogP contribution in [-0.4, -0.2) is 17.1 Å². The maximum Gasteiger partial charge on any atom is 0.125 e. The van der Waals surface area contributed by atoms with E-state index in [0.717, 1.165) is 34.0 Å². The van der Waals surface area contributed by atoms with Crippen molar-refractivity contribution >= 4 is 0 Å². The van der Waals surface area contributed by atoms with Crippen molar-refractivity contribution in [3.63, 3.8) is 0 Å². The van der Waals surface area contributed by atoms with Gasteiger partial charge in [0.1, 0.15) is 11.6 Å².